The molecule has 3 rings (SSSR count). The van der Waals surface area contributed by atoms with Gasteiger partial charge in [-0.2, -0.15) is 5.10 Å². The summed E-state index contributed by atoms with van der Waals surface area (Å²) in [5, 5.41) is 6.75. The number of hydrogen-bond acceptors (Lipinski definition) is 4. The Labute approximate surface area is 130 Å². The largest absolute Gasteiger partial charge is 0.493 e. The van der Waals surface area contributed by atoms with Crippen LogP contribution in [0.4, 0.5) is 0 Å². The Kier molecular flexibility index (Phi) is 3.95. The van der Waals surface area contributed by atoms with Crippen molar-refractivity contribution in [2.24, 2.45) is 5.92 Å². The van der Waals surface area contributed by atoms with Gasteiger partial charge in [0, 0.05) is 17.3 Å². The number of aromatic amines is 1. The van der Waals surface area contributed by atoms with Crippen molar-refractivity contribution in [1.82, 2.24) is 10.2 Å². The minimum absolute atomic E-state index is 0.0843. The molecule has 6 heteroatoms. The lowest BCUT2D eigenvalue weighted by atomic mass is 10.0. The smallest absolute Gasteiger partial charge is 0.178 e. The maximum Gasteiger partial charge on any atom is 0.178 e. The molecule has 0 aliphatic heterocycles. The van der Waals surface area contributed by atoms with Crippen LogP contribution in [0.1, 0.15) is 25.3 Å². The van der Waals surface area contributed by atoms with E-state index < -0.39 is 9.84 Å². The molecule has 5 nitrogen and oxygen atoms in total. The predicted octanol–water partition coefficient (Wildman–Crippen LogP) is 2.97. The molecule has 0 amide bonds. The lowest BCUT2D eigenvalue weighted by molar-refractivity contribution is 0.300. The van der Waals surface area contributed by atoms with Crippen LogP contribution >= 0.6 is 0 Å². The van der Waals surface area contributed by atoms with Crippen LogP contribution in [0.15, 0.2) is 29.4 Å². The third kappa shape index (κ3) is 2.88. The lowest BCUT2D eigenvalue weighted by Gasteiger charge is -2.16. The summed E-state index contributed by atoms with van der Waals surface area (Å²) < 4.78 is 30.5. The van der Waals surface area contributed by atoms with Crippen LogP contribution in [0.5, 0.6) is 5.75 Å². The Bertz CT molecular complexity index is 763. The molecule has 1 aromatic heterocycles. The maximum atomic E-state index is 12.3. The standard InChI is InChI=1S/C16H20N2O3S/c1-3-22(19,20)15-7-6-14(21-10-12-4-5-12)16(11(15)2)13-8-17-18-9-13/h6-9,12H,3-5,10H2,1-2H3,(H,17,18). The summed E-state index contributed by atoms with van der Waals surface area (Å²) in [7, 11) is -3.26. The van der Waals surface area contributed by atoms with E-state index in [0.717, 1.165) is 22.4 Å². The molecule has 0 spiro atoms. The van der Waals surface area contributed by atoms with Crippen molar-refractivity contribution in [3.05, 3.63) is 30.1 Å². The van der Waals surface area contributed by atoms with Crippen LogP contribution in [0.3, 0.4) is 0 Å². The van der Waals surface area contributed by atoms with Gasteiger partial charge in [-0.25, -0.2) is 8.42 Å². The van der Waals surface area contributed by atoms with E-state index in [-0.39, 0.29) is 5.75 Å². The van der Waals surface area contributed by atoms with E-state index in [1.165, 1.54) is 12.8 Å². The molecule has 1 saturated carbocycles. The van der Waals surface area contributed by atoms with Gasteiger partial charge in [0.2, 0.25) is 0 Å². The molecular weight excluding hydrogens is 300 g/mol. The second kappa shape index (κ2) is 5.76. The number of sulfone groups is 1. The zero-order valence-corrected chi connectivity index (χ0v) is 13.6. The molecule has 22 heavy (non-hydrogen) atoms. The first-order chi connectivity index (χ1) is 10.5. The Balaban J connectivity index is 2.09. The minimum atomic E-state index is -3.26. The number of nitrogens with one attached hydrogen (secondary N) is 1. The second-order valence-corrected chi connectivity index (χ2v) is 7.95. The molecule has 0 saturated heterocycles. The van der Waals surface area contributed by atoms with Crippen molar-refractivity contribution >= 4 is 9.84 Å². The number of H-pyrrole nitrogens is 1. The molecule has 1 heterocycles. The first kappa shape index (κ1) is 15.1. The van der Waals surface area contributed by atoms with Gasteiger partial charge in [-0.15, -0.1) is 0 Å². The Hall–Kier alpha value is -1.82. The van der Waals surface area contributed by atoms with Gasteiger partial charge in [0.25, 0.3) is 0 Å². The van der Waals surface area contributed by atoms with Crippen molar-refractivity contribution in [3.63, 3.8) is 0 Å². The van der Waals surface area contributed by atoms with Crippen molar-refractivity contribution in [1.29, 1.82) is 0 Å². The van der Waals surface area contributed by atoms with Gasteiger partial charge in [-0.05, 0) is 43.4 Å². The zero-order chi connectivity index (χ0) is 15.7. The Morgan fingerprint density at radius 1 is 1.36 bits per heavy atom. The van der Waals surface area contributed by atoms with Crippen molar-refractivity contribution in [3.8, 4) is 16.9 Å². The highest BCUT2D eigenvalue weighted by Gasteiger charge is 2.25. The topological polar surface area (TPSA) is 72.1 Å². The maximum absolute atomic E-state index is 12.3. The summed E-state index contributed by atoms with van der Waals surface area (Å²) in [4.78, 5) is 0.366. The van der Waals surface area contributed by atoms with Gasteiger partial charge in [0.15, 0.2) is 9.84 Å². The highest BCUT2D eigenvalue weighted by molar-refractivity contribution is 7.91. The summed E-state index contributed by atoms with van der Waals surface area (Å²) in [6, 6.07) is 3.42. The average Bonchev–Trinajstić information content (AvgIpc) is 3.18. The third-order valence-corrected chi connectivity index (χ3v) is 5.92. The monoisotopic (exact) mass is 320 g/mol. The number of rotatable bonds is 6. The molecule has 1 aliphatic carbocycles. The predicted molar refractivity (Wildman–Crippen MR) is 84.7 cm³/mol. The van der Waals surface area contributed by atoms with Crippen LogP contribution < -0.4 is 4.74 Å². The normalized spacial score (nSPS) is 15.0. The number of hydrogen-bond donors (Lipinski definition) is 1. The van der Waals surface area contributed by atoms with E-state index in [1.807, 2.05) is 6.92 Å². The first-order valence-corrected chi connectivity index (χ1v) is 9.16. The fourth-order valence-electron chi connectivity index (χ4n) is 2.52. The molecule has 1 fully saturated rings. The number of nitrogens with zero attached hydrogens (tertiary/aromatic N) is 1. The summed E-state index contributed by atoms with van der Waals surface area (Å²) in [5.41, 5.74) is 2.37. The van der Waals surface area contributed by atoms with E-state index in [4.69, 9.17) is 4.74 Å². The van der Waals surface area contributed by atoms with Gasteiger partial charge in [0.05, 0.1) is 23.5 Å². The lowest BCUT2D eigenvalue weighted by Crippen LogP contribution is -2.08. The summed E-state index contributed by atoms with van der Waals surface area (Å²) in [5.74, 6) is 1.44. The molecule has 118 valence electrons. The quantitative estimate of drug-likeness (QED) is 0.888. The van der Waals surface area contributed by atoms with E-state index in [9.17, 15) is 8.42 Å². The van der Waals surface area contributed by atoms with E-state index in [1.54, 1.807) is 31.5 Å². The molecule has 0 bridgehead atoms. The van der Waals surface area contributed by atoms with Crippen LogP contribution in [0.25, 0.3) is 11.1 Å². The van der Waals surface area contributed by atoms with E-state index in [0.29, 0.717) is 17.4 Å². The summed E-state index contributed by atoms with van der Waals surface area (Å²) in [6.45, 7) is 4.17. The molecule has 2 aromatic rings. The Morgan fingerprint density at radius 2 is 2.14 bits per heavy atom. The van der Waals surface area contributed by atoms with Crippen LogP contribution in [0, 0.1) is 12.8 Å². The minimum Gasteiger partial charge on any atom is -0.493 e. The van der Waals surface area contributed by atoms with E-state index in [2.05, 4.69) is 10.2 Å². The molecule has 1 N–H and O–H groups in total. The van der Waals surface area contributed by atoms with Gasteiger partial charge < -0.3 is 4.74 Å². The fourth-order valence-corrected chi connectivity index (χ4v) is 3.67. The first-order valence-electron chi connectivity index (χ1n) is 7.51. The van der Waals surface area contributed by atoms with Crippen LogP contribution in [0.2, 0.25) is 0 Å². The van der Waals surface area contributed by atoms with Crippen molar-refractivity contribution < 1.29 is 13.2 Å². The average molecular weight is 320 g/mol. The molecule has 1 aromatic carbocycles. The van der Waals surface area contributed by atoms with Crippen molar-refractivity contribution in [2.45, 2.75) is 31.6 Å². The second-order valence-electron chi connectivity index (χ2n) is 5.71. The molecule has 0 atom stereocenters. The number of benzene rings is 1. The zero-order valence-electron chi connectivity index (χ0n) is 12.8. The molecule has 0 unspecified atom stereocenters. The number of aromatic nitrogens is 2. The van der Waals surface area contributed by atoms with Gasteiger partial charge in [-0.1, -0.05) is 6.92 Å². The third-order valence-electron chi connectivity index (χ3n) is 4.05. The highest BCUT2D eigenvalue weighted by Crippen LogP contribution is 2.38. The van der Waals surface area contributed by atoms with Crippen LogP contribution in [-0.2, 0) is 9.84 Å². The Morgan fingerprint density at radius 3 is 2.73 bits per heavy atom. The molecular formula is C16H20N2O3S. The molecule has 1 aliphatic rings. The van der Waals surface area contributed by atoms with Gasteiger partial charge in [0.1, 0.15) is 5.75 Å². The number of ether oxygens (including phenoxy) is 1. The van der Waals surface area contributed by atoms with Crippen molar-refractivity contribution in [2.75, 3.05) is 12.4 Å². The summed E-state index contributed by atoms with van der Waals surface area (Å²) in [6.07, 6.45) is 5.87. The van der Waals surface area contributed by atoms with E-state index >= 15 is 0 Å². The highest BCUT2D eigenvalue weighted by atomic mass is 32.2. The SMILES string of the molecule is CCS(=O)(=O)c1ccc(OCC2CC2)c(-c2cn[nH]c2)c1C. The van der Waals surface area contributed by atoms with Gasteiger partial charge >= 0.3 is 0 Å². The molecule has 0 radical (unpaired) electrons. The fraction of sp³-hybridized carbons (Fsp3) is 0.438. The summed E-state index contributed by atoms with van der Waals surface area (Å²) >= 11 is 0. The van der Waals surface area contributed by atoms with Crippen LogP contribution in [-0.4, -0.2) is 31.0 Å². The van der Waals surface area contributed by atoms with Gasteiger partial charge in [-0.3, -0.25) is 5.10 Å².